The zero-order chi connectivity index (χ0) is 13.7. The van der Waals surface area contributed by atoms with Crippen molar-refractivity contribution in [2.75, 3.05) is 13.2 Å². The van der Waals surface area contributed by atoms with E-state index in [0.29, 0.717) is 6.54 Å². The Morgan fingerprint density at radius 3 is 2.05 bits per heavy atom. The van der Waals surface area contributed by atoms with Gasteiger partial charge in [0.2, 0.25) is 0 Å². The molecule has 2 aromatic rings. The number of benzene rings is 2. The van der Waals surface area contributed by atoms with Gasteiger partial charge in [0.1, 0.15) is 5.82 Å². The highest BCUT2D eigenvalue weighted by atomic mass is 19.1. The van der Waals surface area contributed by atoms with Crippen LogP contribution in [0.25, 0.3) is 11.1 Å². The van der Waals surface area contributed by atoms with Crippen molar-refractivity contribution in [3.63, 3.8) is 0 Å². The first-order valence-corrected chi connectivity index (χ1v) is 6.41. The molecule has 0 aliphatic rings. The third kappa shape index (κ3) is 3.63. The molecule has 1 unspecified atom stereocenters. The van der Waals surface area contributed by atoms with Gasteiger partial charge in [-0.25, -0.2) is 4.39 Å². The Kier molecular flexibility index (Phi) is 4.66. The van der Waals surface area contributed by atoms with Gasteiger partial charge in [-0.15, -0.1) is 0 Å². The van der Waals surface area contributed by atoms with Crippen LogP contribution >= 0.6 is 0 Å². The Labute approximate surface area is 112 Å². The Hall–Kier alpha value is -1.71. The fourth-order valence-corrected chi connectivity index (χ4v) is 2.01. The number of aliphatic hydroxyl groups is 1. The van der Waals surface area contributed by atoms with Crippen LogP contribution in [0.4, 0.5) is 4.39 Å². The molecule has 0 saturated carbocycles. The van der Waals surface area contributed by atoms with Gasteiger partial charge in [0.05, 0.1) is 6.61 Å². The molecule has 3 heteroatoms. The molecule has 0 amide bonds. The van der Waals surface area contributed by atoms with E-state index in [1.165, 1.54) is 17.7 Å². The zero-order valence-corrected chi connectivity index (χ0v) is 10.9. The highest BCUT2D eigenvalue weighted by Gasteiger charge is 2.04. The quantitative estimate of drug-likeness (QED) is 0.864. The van der Waals surface area contributed by atoms with E-state index in [0.717, 1.165) is 11.1 Å². The van der Waals surface area contributed by atoms with E-state index in [1.54, 1.807) is 12.1 Å². The molecule has 0 aromatic heterocycles. The molecule has 0 bridgehead atoms. The molecule has 0 heterocycles. The lowest BCUT2D eigenvalue weighted by Gasteiger charge is -2.13. The predicted molar refractivity (Wildman–Crippen MR) is 75.3 cm³/mol. The summed E-state index contributed by atoms with van der Waals surface area (Å²) in [6.45, 7) is 2.78. The maximum absolute atomic E-state index is 12.9. The average Bonchev–Trinajstić information content (AvgIpc) is 2.46. The number of rotatable bonds is 5. The van der Waals surface area contributed by atoms with Crippen molar-refractivity contribution in [3.05, 3.63) is 59.9 Å². The van der Waals surface area contributed by atoms with E-state index in [9.17, 15) is 4.39 Å². The molecular weight excluding hydrogens is 241 g/mol. The van der Waals surface area contributed by atoms with Gasteiger partial charge in [-0.2, -0.15) is 0 Å². The van der Waals surface area contributed by atoms with E-state index >= 15 is 0 Å². The molecule has 2 aromatic carbocycles. The van der Waals surface area contributed by atoms with E-state index < -0.39 is 0 Å². The molecular formula is C16H18FNO. The Balaban J connectivity index is 2.11. The number of aliphatic hydroxyl groups excluding tert-OH is 1. The molecule has 0 fully saturated rings. The Morgan fingerprint density at radius 2 is 1.53 bits per heavy atom. The Bertz CT molecular complexity index is 507. The van der Waals surface area contributed by atoms with Crippen LogP contribution in [-0.4, -0.2) is 18.3 Å². The normalized spacial score (nSPS) is 12.4. The van der Waals surface area contributed by atoms with Crippen LogP contribution in [0.1, 0.15) is 18.5 Å². The first-order valence-electron chi connectivity index (χ1n) is 6.41. The molecule has 0 aliphatic heterocycles. The average molecular weight is 259 g/mol. The summed E-state index contributed by atoms with van der Waals surface area (Å²) in [4.78, 5) is 0. The van der Waals surface area contributed by atoms with Gasteiger partial charge in [-0.3, -0.25) is 0 Å². The molecule has 0 aliphatic carbocycles. The predicted octanol–water partition coefficient (Wildman–Crippen LogP) is 3.14. The summed E-state index contributed by atoms with van der Waals surface area (Å²) in [6, 6.07) is 14.8. The monoisotopic (exact) mass is 259 g/mol. The van der Waals surface area contributed by atoms with Crippen LogP contribution in [0.5, 0.6) is 0 Å². The summed E-state index contributed by atoms with van der Waals surface area (Å²) >= 11 is 0. The summed E-state index contributed by atoms with van der Waals surface area (Å²) in [5, 5.41) is 12.0. The summed E-state index contributed by atoms with van der Waals surface area (Å²) in [5.41, 5.74) is 3.24. The van der Waals surface area contributed by atoms with Gasteiger partial charge in [0.15, 0.2) is 0 Å². The lowest BCUT2D eigenvalue weighted by Crippen LogP contribution is -2.21. The van der Waals surface area contributed by atoms with Gasteiger partial charge < -0.3 is 10.4 Å². The molecule has 100 valence electrons. The minimum atomic E-state index is -0.220. The fraction of sp³-hybridized carbons (Fsp3) is 0.250. The number of hydrogen-bond donors (Lipinski definition) is 2. The van der Waals surface area contributed by atoms with Crippen LogP contribution in [0.3, 0.4) is 0 Å². The molecule has 2 rings (SSSR count). The number of hydrogen-bond acceptors (Lipinski definition) is 2. The third-order valence-corrected chi connectivity index (χ3v) is 3.15. The van der Waals surface area contributed by atoms with Gasteiger partial charge in [-0.1, -0.05) is 36.4 Å². The van der Waals surface area contributed by atoms with Crippen LogP contribution in [-0.2, 0) is 0 Å². The molecule has 1 atom stereocenters. The molecule has 0 saturated heterocycles. The largest absolute Gasteiger partial charge is 0.395 e. The number of nitrogens with one attached hydrogen (secondary N) is 1. The smallest absolute Gasteiger partial charge is 0.123 e. The van der Waals surface area contributed by atoms with E-state index in [-0.39, 0.29) is 18.5 Å². The zero-order valence-electron chi connectivity index (χ0n) is 10.9. The highest BCUT2D eigenvalue weighted by Crippen LogP contribution is 2.22. The van der Waals surface area contributed by atoms with E-state index in [1.807, 2.05) is 24.3 Å². The van der Waals surface area contributed by atoms with Crippen molar-refractivity contribution in [3.8, 4) is 11.1 Å². The molecule has 19 heavy (non-hydrogen) atoms. The fourth-order valence-electron chi connectivity index (χ4n) is 2.01. The van der Waals surface area contributed by atoms with Gasteiger partial charge in [0.25, 0.3) is 0 Å². The van der Waals surface area contributed by atoms with Crippen LogP contribution in [0.15, 0.2) is 48.5 Å². The molecule has 0 radical (unpaired) electrons. The van der Waals surface area contributed by atoms with E-state index in [4.69, 9.17) is 5.11 Å². The van der Waals surface area contributed by atoms with E-state index in [2.05, 4.69) is 12.2 Å². The van der Waals surface area contributed by atoms with Crippen molar-refractivity contribution >= 4 is 0 Å². The van der Waals surface area contributed by atoms with Crippen LogP contribution in [0.2, 0.25) is 0 Å². The molecule has 2 N–H and O–H groups in total. The van der Waals surface area contributed by atoms with Crippen molar-refractivity contribution < 1.29 is 9.50 Å². The van der Waals surface area contributed by atoms with Crippen LogP contribution in [0, 0.1) is 5.82 Å². The standard InChI is InChI=1S/C16H18FNO/c1-12(18-10-11-19)13-2-4-14(5-3-13)15-6-8-16(17)9-7-15/h2-9,12,18-19H,10-11H2,1H3. The lowest BCUT2D eigenvalue weighted by atomic mass is 10.0. The molecule has 0 spiro atoms. The summed E-state index contributed by atoms with van der Waals surface area (Å²) in [5.74, 6) is -0.220. The highest BCUT2D eigenvalue weighted by molar-refractivity contribution is 5.63. The van der Waals surface area contributed by atoms with Crippen molar-refractivity contribution in [1.29, 1.82) is 0 Å². The van der Waals surface area contributed by atoms with Crippen molar-refractivity contribution in [2.45, 2.75) is 13.0 Å². The molecule has 2 nitrogen and oxygen atoms in total. The second-order valence-electron chi connectivity index (χ2n) is 4.53. The third-order valence-electron chi connectivity index (χ3n) is 3.15. The van der Waals surface area contributed by atoms with Crippen molar-refractivity contribution in [1.82, 2.24) is 5.32 Å². The maximum atomic E-state index is 12.9. The number of halogens is 1. The lowest BCUT2D eigenvalue weighted by molar-refractivity contribution is 0.286. The van der Waals surface area contributed by atoms with Crippen LogP contribution < -0.4 is 5.32 Å². The first kappa shape index (κ1) is 13.7. The first-order chi connectivity index (χ1) is 9.20. The minimum Gasteiger partial charge on any atom is -0.395 e. The minimum absolute atomic E-state index is 0.137. The topological polar surface area (TPSA) is 32.3 Å². The second-order valence-corrected chi connectivity index (χ2v) is 4.53. The summed E-state index contributed by atoms with van der Waals surface area (Å²) < 4.78 is 12.9. The second kappa shape index (κ2) is 6.45. The van der Waals surface area contributed by atoms with Gasteiger partial charge in [-0.05, 0) is 35.7 Å². The van der Waals surface area contributed by atoms with Crippen molar-refractivity contribution in [2.24, 2.45) is 0 Å². The maximum Gasteiger partial charge on any atom is 0.123 e. The summed E-state index contributed by atoms with van der Waals surface area (Å²) in [6.07, 6.45) is 0. The summed E-state index contributed by atoms with van der Waals surface area (Å²) in [7, 11) is 0. The SMILES string of the molecule is CC(NCCO)c1ccc(-c2ccc(F)cc2)cc1. The Morgan fingerprint density at radius 1 is 1.00 bits per heavy atom. The van der Waals surface area contributed by atoms with Gasteiger partial charge in [0, 0.05) is 12.6 Å². The van der Waals surface area contributed by atoms with Gasteiger partial charge >= 0.3 is 0 Å².